The Kier molecular flexibility index (Phi) is 6.77. The molecule has 0 radical (unpaired) electrons. The molecule has 1 aliphatic rings. The number of anilines is 1. The van der Waals surface area contributed by atoms with Gasteiger partial charge in [0.05, 0.1) is 11.9 Å². The summed E-state index contributed by atoms with van der Waals surface area (Å²) >= 11 is 0. The van der Waals surface area contributed by atoms with Crippen LogP contribution >= 0.6 is 0 Å². The van der Waals surface area contributed by atoms with E-state index in [1.54, 1.807) is 42.5 Å². The topological polar surface area (TPSA) is 127 Å². The van der Waals surface area contributed by atoms with E-state index in [0.29, 0.717) is 48.9 Å². The lowest BCUT2D eigenvalue weighted by molar-refractivity contribution is 0.0997. The summed E-state index contributed by atoms with van der Waals surface area (Å²) in [5, 5.41) is 12.3. The van der Waals surface area contributed by atoms with Crippen LogP contribution in [-0.4, -0.2) is 46.1 Å². The summed E-state index contributed by atoms with van der Waals surface area (Å²) in [7, 11) is 0. The van der Waals surface area contributed by atoms with Crippen molar-refractivity contribution >= 4 is 17.7 Å². The van der Waals surface area contributed by atoms with Gasteiger partial charge in [-0.3, -0.25) is 4.79 Å². The highest BCUT2D eigenvalue weighted by Crippen LogP contribution is 2.29. The predicted octanol–water partition coefficient (Wildman–Crippen LogP) is 4.46. The van der Waals surface area contributed by atoms with Gasteiger partial charge in [0, 0.05) is 25.2 Å². The van der Waals surface area contributed by atoms with E-state index in [9.17, 15) is 14.0 Å². The fraction of sp³-hybridized carbons (Fsp3) is 0.208. The van der Waals surface area contributed by atoms with Crippen LogP contribution in [0.2, 0.25) is 0 Å². The number of hydrogen-bond donors (Lipinski definition) is 3. The number of rotatable bonds is 7. The number of nitrogens with two attached hydrogens (primary N) is 1. The van der Waals surface area contributed by atoms with Crippen molar-refractivity contribution in [3.8, 4) is 23.1 Å². The minimum atomic E-state index is -0.925. The third kappa shape index (κ3) is 5.71. The van der Waals surface area contributed by atoms with Crippen LogP contribution < -0.4 is 20.5 Å². The highest BCUT2D eigenvalue weighted by atomic mass is 19.1. The number of hydrogen-bond acceptors (Lipinski definition) is 6. The van der Waals surface area contributed by atoms with E-state index in [4.69, 9.17) is 20.3 Å². The number of carbonyl (C=O) groups is 2. The van der Waals surface area contributed by atoms with Crippen molar-refractivity contribution in [2.24, 2.45) is 5.73 Å². The minimum Gasteiger partial charge on any atom is -0.465 e. The molecule has 176 valence electrons. The molecule has 1 fully saturated rings. The van der Waals surface area contributed by atoms with Gasteiger partial charge in [0.2, 0.25) is 5.88 Å². The fourth-order valence-electron chi connectivity index (χ4n) is 3.59. The number of primary amides is 1. The first-order valence-corrected chi connectivity index (χ1v) is 10.6. The van der Waals surface area contributed by atoms with Crippen molar-refractivity contribution in [3.05, 3.63) is 72.2 Å². The van der Waals surface area contributed by atoms with Crippen LogP contribution in [0.15, 0.2) is 60.8 Å². The van der Waals surface area contributed by atoms with E-state index in [2.05, 4.69) is 10.3 Å². The van der Waals surface area contributed by atoms with Gasteiger partial charge in [-0.1, -0.05) is 6.07 Å². The Hall–Kier alpha value is -4.34. The van der Waals surface area contributed by atoms with Gasteiger partial charge in [0.15, 0.2) is 0 Å². The van der Waals surface area contributed by atoms with Gasteiger partial charge in [-0.25, -0.2) is 14.2 Å². The molecule has 2 amide bonds. The van der Waals surface area contributed by atoms with Crippen LogP contribution in [0.3, 0.4) is 0 Å². The second kappa shape index (κ2) is 10.1. The van der Waals surface area contributed by atoms with E-state index >= 15 is 0 Å². The molecular weight excluding hydrogens is 443 g/mol. The van der Waals surface area contributed by atoms with E-state index in [-0.39, 0.29) is 17.5 Å². The van der Waals surface area contributed by atoms with Gasteiger partial charge in [-0.05, 0) is 55.3 Å². The molecule has 34 heavy (non-hydrogen) atoms. The maximum Gasteiger partial charge on any atom is 0.407 e. The standard InChI is InChI=1S/C24H23FN4O5/c25-15-2-1-3-20(12-15)33-18-4-6-19(7-5-18)34-23-21(22(26)30)13-17(14-27-23)28-16-8-10-29(11-9-16)24(31)32/h1-7,12-14,16,28H,8-11H2,(H2,26,30)(H,31,32). The normalized spacial score (nSPS) is 13.9. The summed E-state index contributed by atoms with van der Waals surface area (Å²) in [5.41, 5.74) is 6.23. The number of amides is 2. The molecule has 0 saturated carbocycles. The molecule has 4 N–H and O–H groups in total. The molecule has 0 spiro atoms. The Bertz CT molecular complexity index is 1180. The van der Waals surface area contributed by atoms with Gasteiger partial charge in [0.1, 0.15) is 28.6 Å². The maximum atomic E-state index is 13.3. The highest BCUT2D eigenvalue weighted by molar-refractivity contribution is 5.96. The quantitative estimate of drug-likeness (QED) is 0.469. The molecule has 4 rings (SSSR count). The second-order valence-corrected chi connectivity index (χ2v) is 7.76. The summed E-state index contributed by atoms with van der Waals surface area (Å²) in [4.78, 5) is 28.7. The first-order valence-electron chi connectivity index (χ1n) is 10.6. The smallest absolute Gasteiger partial charge is 0.407 e. The predicted molar refractivity (Wildman–Crippen MR) is 122 cm³/mol. The average molecular weight is 466 g/mol. The zero-order chi connectivity index (χ0) is 24.1. The van der Waals surface area contributed by atoms with Crippen molar-refractivity contribution in [1.82, 2.24) is 9.88 Å². The zero-order valence-electron chi connectivity index (χ0n) is 18.1. The third-order valence-corrected chi connectivity index (χ3v) is 5.32. The molecule has 0 bridgehead atoms. The number of nitrogens with zero attached hydrogens (tertiary/aromatic N) is 2. The van der Waals surface area contributed by atoms with Crippen molar-refractivity contribution < 1.29 is 28.6 Å². The Morgan fingerprint density at radius 2 is 1.71 bits per heavy atom. The van der Waals surface area contributed by atoms with Crippen LogP contribution in [0.1, 0.15) is 23.2 Å². The number of nitrogens with one attached hydrogen (secondary N) is 1. The maximum absolute atomic E-state index is 13.3. The highest BCUT2D eigenvalue weighted by Gasteiger charge is 2.23. The largest absolute Gasteiger partial charge is 0.465 e. The van der Waals surface area contributed by atoms with E-state index in [1.165, 1.54) is 23.2 Å². The molecule has 1 saturated heterocycles. The third-order valence-electron chi connectivity index (χ3n) is 5.32. The number of halogens is 1. The number of piperidine rings is 1. The number of benzene rings is 2. The van der Waals surface area contributed by atoms with Crippen molar-refractivity contribution in [2.75, 3.05) is 18.4 Å². The Morgan fingerprint density at radius 3 is 2.32 bits per heavy atom. The number of aromatic nitrogens is 1. The molecule has 9 nitrogen and oxygen atoms in total. The number of carboxylic acid groups (broad SMARTS) is 1. The molecule has 2 aromatic carbocycles. The van der Waals surface area contributed by atoms with Gasteiger partial charge in [0.25, 0.3) is 5.91 Å². The molecule has 1 aromatic heterocycles. The summed E-state index contributed by atoms with van der Waals surface area (Å²) in [6, 6.07) is 14.0. The van der Waals surface area contributed by atoms with Gasteiger partial charge in [-0.2, -0.15) is 0 Å². The number of ether oxygens (including phenoxy) is 2. The van der Waals surface area contributed by atoms with Crippen LogP contribution in [-0.2, 0) is 0 Å². The van der Waals surface area contributed by atoms with Gasteiger partial charge in [-0.15, -0.1) is 0 Å². The summed E-state index contributed by atoms with van der Waals surface area (Å²) in [5.74, 6) is 0.211. The van der Waals surface area contributed by atoms with Crippen molar-refractivity contribution in [1.29, 1.82) is 0 Å². The van der Waals surface area contributed by atoms with Crippen molar-refractivity contribution in [3.63, 3.8) is 0 Å². The number of pyridine rings is 1. The van der Waals surface area contributed by atoms with Crippen molar-refractivity contribution in [2.45, 2.75) is 18.9 Å². The summed E-state index contributed by atoms with van der Waals surface area (Å²) in [6.45, 7) is 0.868. The van der Waals surface area contributed by atoms with Crippen LogP contribution in [0.5, 0.6) is 23.1 Å². The first-order chi connectivity index (χ1) is 16.4. The molecule has 0 aliphatic carbocycles. The molecule has 3 aromatic rings. The lowest BCUT2D eigenvalue weighted by Gasteiger charge is -2.31. The number of carbonyl (C=O) groups excluding carboxylic acids is 1. The number of likely N-dealkylation sites (tertiary alicyclic amines) is 1. The monoisotopic (exact) mass is 466 g/mol. The Morgan fingerprint density at radius 1 is 1.03 bits per heavy atom. The van der Waals surface area contributed by atoms with Crippen LogP contribution in [0.25, 0.3) is 0 Å². The minimum absolute atomic E-state index is 0.0514. The molecular formula is C24H23FN4O5. The molecule has 0 atom stereocenters. The van der Waals surface area contributed by atoms with E-state index in [0.717, 1.165) is 0 Å². The average Bonchev–Trinajstić information content (AvgIpc) is 2.81. The van der Waals surface area contributed by atoms with Crippen LogP contribution in [0.4, 0.5) is 14.9 Å². The second-order valence-electron chi connectivity index (χ2n) is 7.76. The van der Waals surface area contributed by atoms with Gasteiger partial charge >= 0.3 is 6.09 Å². The van der Waals surface area contributed by atoms with Gasteiger partial charge < -0.3 is 30.5 Å². The Balaban J connectivity index is 1.41. The van der Waals surface area contributed by atoms with E-state index < -0.39 is 17.8 Å². The zero-order valence-corrected chi connectivity index (χ0v) is 18.1. The molecule has 0 unspecified atom stereocenters. The first kappa shape index (κ1) is 22.8. The lowest BCUT2D eigenvalue weighted by atomic mass is 10.1. The molecule has 10 heteroatoms. The van der Waals surface area contributed by atoms with E-state index in [1.807, 2.05) is 0 Å². The molecule has 2 heterocycles. The van der Waals surface area contributed by atoms with Crippen LogP contribution in [0, 0.1) is 5.82 Å². The summed E-state index contributed by atoms with van der Waals surface area (Å²) in [6.07, 6.45) is 1.89. The summed E-state index contributed by atoms with van der Waals surface area (Å²) < 4.78 is 24.7. The fourth-order valence-corrected chi connectivity index (χ4v) is 3.59. The Labute approximate surface area is 194 Å². The lowest BCUT2D eigenvalue weighted by Crippen LogP contribution is -2.41. The molecule has 1 aliphatic heterocycles. The SMILES string of the molecule is NC(=O)c1cc(NC2CCN(C(=O)O)CC2)cnc1Oc1ccc(Oc2cccc(F)c2)cc1.